The second-order valence-electron chi connectivity index (χ2n) is 6.70. The van der Waals surface area contributed by atoms with E-state index in [0.29, 0.717) is 28.7 Å². The highest BCUT2D eigenvalue weighted by molar-refractivity contribution is 7.22. The van der Waals surface area contributed by atoms with Crippen LogP contribution in [-0.4, -0.2) is 51.3 Å². The lowest BCUT2D eigenvalue weighted by molar-refractivity contribution is -0.894. The predicted octanol–water partition coefficient (Wildman–Crippen LogP) is 2.89. The number of aromatic nitrogens is 1. The van der Waals surface area contributed by atoms with Crippen molar-refractivity contribution in [3.8, 4) is 11.5 Å². The summed E-state index contributed by atoms with van der Waals surface area (Å²) < 4.78 is 11.7. The van der Waals surface area contributed by atoms with Crippen molar-refractivity contribution < 1.29 is 19.2 Å². The summed E-state index contributed by atoms with van der Waals surface area (Å²) in [6, 6.07) is 13.1. The number of para-hydroxylation sites is 1. The van der Waals surface area contributed by atoms with Crippen LogP contribution in [0, 0.1) is 0 Å². The quantitative estimate of drug-likeness (QED) is 0.585. The van der Waals surface area contributed by atoms with E-state index in [9.17, 15) is 4.79 Å². The Bertz CT molecular complexity index is 969. The van der Waals surface area contributed by atoms with Crippen molar-refractivity contribution >= 4 is 32.6 Å². The molecule has 1 heterocycles. The maximum Gasteiger partial charge on any atom is 0.260 e. The monoisotopic (exact) mass is 414 g/mol. The van der Waals surface area contributed by atoms with Crippen LogP contribution in [0.1, 0.15) is 24.2 Å². The lowest BCUT2D eigenvalue weighted by Gasteiger charge is -2.23. The Labute approximate surface area is 175 Å². The number of nitrogens with one attached hydrogen (secondary N) is 1. The number of hydrogen-bond donors (Lipinski definition) is 1. The fourth-order valence-corrected chi connectivity index (χ4v) is 4.27. The lowest BCUT2D eigenvalue weighted by atomic mass is 10.2. The van der Waals surface area contributed by atoms with Crippen LogP contribution in [0.2, 0.25) is 0 Å². The van der Waals surface area contributed by atoms with Gasteiger partial charge in [-0.25, -0.2) is 4.98 Å². The van der Waals surface area contributed by atoms with E-state index in [1.165, 1.54) is 16.2 Å². The number of hydrogen-bond acceptors (Lipinski definition) is 5. The van der Waals surface area contributed by atoms with Gasteiger partial charge in [-0.2, -0.15) is 0 Å². The van der Waals surface area contributed by atoms with Gasteiger partial charge < -0.3 is 14.4 Å². The van der Waals surface area contributed by atoms with Crippen molar-refractivity contribution in [1.82, 2.24) is 4.98 Å². The third kappa shape index (κ3) is 4.68. The number of rotatable bonds is 9. The number of quaternary nitrogens is 1. The standard InChI is InChI=1S/C22H27N3O3S/c1-5-24(6-2)13-14-25(21(26)16-9-7-10-17(15-16)27-3)22-23-20-18(28-4)11-8-12-19(20)29-22/h7-12,15H,5-6,13-14H2,1-4H3/p+1. The third-order valence-corrected chi connectivity index (χ3v) is 6.12. The average molecular weight is 415 g/mol. The maximum atomic E-state index is 13.4. The number of carbonyl (C=O) groups is 1. The molecule has 0 radical (unpaired) electrons. The summed E-state index contributed by atoms with van der Waals surface area (Å²) in [5.41, 5.74) is 1.37. The number of benzene rings is 2. The minimum Gasteiger partial charge on any atom is -0.497 e. The van der Waals surface area contributed by atoms with Crippen LogP contribution >= 0.6 is 11.3 Å². The number of fused-ring (bicyclic) bond motifs is 1. The zero-order valence-electron chi connectivity index (χ0n) is 17.4. The van der Waals surface area contributed by atoms with Gasteiger partial charge in [0.05, 0.1) is 45.1 Å². The molecule has 29 heavy (non-hydrogen) atoms. The molecule has 0 fully saturated rings. The SMILES string of the molecule is CC[NH+](CC)CCN(C(=O)c1cccc(OC)c1)c1nc2c(OC)cccc2s1. The van der Waals surface area contributed by atoms with Gasteiger partial charge in [-0.3, -0.25) is 9.69 Å². The van der Waals surface area contributed by atoms with Crippen LogP contribution in [0.5, 0.6) is 11.5 Å². The van der Waals surface area contributed by atoms with Gasteiger partial charge in [0.2, 0.25) is 0 Å². The number of ether oxygens (including phenoxy) is 2. The van der Waals surface area contributed by atoms with E-state index >= 15 is 0 Å². The second kappa shape index (κ2) is 9.71. The van der Waals surface area contributed by atoms with Crippen molar-refractivity contribution in [3.63, 3.8) is 0 Å². The number of methoxy groups -OCH3 is 2. The van der Waals surface area contributed by atoms with E-state index in [-0.39, 0.29) is 5.91 Å². The second-order valence-corrected chi connectivity index (χ2v) is 7.71. The van der Waals surface area contributed by atoms with Gasteiger partial charge in [0.15, 0.2) is 5.13 Å². The molecule has 0 spiro atoms. The van der Waals surface area contributed by atoms with Crippen LogP contribution in [-0.2, 0) is 0 Å². The van der Waals surface area contributed by atoms with E-state index in [0.717, 1.165) is 29.9 Å². The van der Waals surface area contributed by atoms with Crippen molar-refractivity contribution in [2.45, 2.75) is 13.8 Å². The molecule has 0 aliphatic rings. The Balaban J connectivity index is 1.99. The average Bonchev–Trinajstić information content (AvgIpc) is 3.20. The Morgan fingerprint density at radius 2 is 1.86 bits per heavy atom. The minimum absolute atomic E-state index is 0.0755. The molecule has 0 saturated carbocycles. The molecule has 0 atom stereocenters. The first-order valence-corrected chi connectivity index (χ1v) is 10.7. The van der Waals surface area contributed by atoms with Gasteiger partial charge >= 0.3 is 0 Å². The van der Waals surface area contributed by atoms with E-state index < -0.39 is 0 Å². The third-order valence-electron chi connectivity index (χ3n) is 5.07. The van der Waals surface area contributed by atoms with Crippen molar-refractivity contribution in [3.05, 3.63) is 48.0 Å². The van der Waals surface area contributed by atoms with Gasteiger partial charge in [0.1, 0.15) is 17.0 Å². The topological polar surface area (TPSA) is 56.1 Å². The molecule has 154 valence electrons. The molecule has 2 aromatic carbocycles. The molecule has 0 saturated heterocycles. The predicted molar refractivity (Wildman–Crippen MR) is 118 cm³/mol. The van der Waals surface area contributed by atoms with E-state index in [1.54, 1.807) is 25.2 Å². The minimum atomic E-state index is -0.0755. The number of carbonyl (C=O) groups excluding carboxylic acids is 1. The molecule has 1 aromatic heterocycles. The van der Waals surface area contributed by atoms with Gasteiger partial charge in [0, 0.05) is 5.56 Å². The molecule has 1 amide bonds. The Morgan fingerprint density at radius 1 is 1.10 bits per heavy atom. The highest BCUT2D eigenvalue weighted by Crippen LogP contribution is 2.34. The largest absolute Gasteiger partial charge is 0.497 e. The first-order chi connectivity index (χ1) is 14.1. The Morgan fingerprint density at radius 3 is 2.55 bits per heavy atom. The number of thiazole rings is 1. The van der Waals surface area contributed by atoms with Crippen molar-refractivity contribution in [2.24, 2.45) is 0 Å². The summed E-state index contributed by atoms with van der Waals surface area (Å²) >= 11 is 1.51. The molecule has 6 nitrogen and oxygen atoms in total. The van der Waals surface area contributed by atoms with Gasteiger partial charge in [-0.1, -0.05) is 23.5 Å². The molecule has 0 aliphatic carbocycles. The number of amides is 1. The zero-order valence-corrected chi connectivity index (χ0v) is 18.2. The molecule has 0 bridgehead atoms. The molecule has 3 aromatic rings. The van der Waals surface area contributed by atoms with Gasteiger partial charge in [-0.15, -0.1) is 0 Å². The summed E-state index contributed by atoms with van der Waals surface area (Å²) in [6.45, 7) is 7.81. The smallest absolute Gasteiger partial charge is 0.260 e. The molecular weight excluding hydrogens is 386 g/mol. The first kappa shape index (κ1) is 21.1. The van der Waals surface area contributed by atoms with Crippen LogP contribution in [0.4, 0.5) is 5.13 Å². The van der Waals surface area contributed by atoms with Crippen molar-refractivity contribution in [2.75, 3.05) is 45.3 Å². The summed E-state index contributed by atoms with van der Waals surface area (Å²) in [4.78, 5) is 21.4. The lowest BCUT2D eigenvalue weighted by Crippen LogP contribution is -3.12. The first-order valence-electron chi connectivity index (χ1n) is 9.84. The molecule has 7 heteroatoms. The highest BCUT2D eigenvalue weighted by Gasteiger charge is 2.24. The summed E-state index contributed by atoms with van der Waals surface area (Å²) in [5, 5.41) is 0.684. The molecule has 1 N–H and O–H groups in total. The van der Waals surface area contributed by atoms with E-state index in [4.69, 9.17) is 14.5 Å². The normalized spacial score (nSPS) is 11.1. The van der Waals surface area contributed by atoms with Crippen LogP contribution in [0.15, 0.2) is 42.5 Å². The van der Waals surface area contributed by atoms with Gasteiger partial charge in [-0.05, 0) is 44.2 Å². The fraction of sp³-hybridized carbons (Fsp3) is 0.364. The number of anilines is 1. The van der Waals surface area contributed by atoms with E-state index in [2.05, 4.69) is 13.8 Å². The zero-order chi connectivity index (χ0) is 20.8. The van der Waals surface area contributed by atoms with E-state index in [1.807, 2.05) is 36.4 Å². The Kier molecular flexibility index (Phi) is 7.06. The van der Waals surface area contributed by atoms with Crippen LogP contribution in [0.25, 0.3) is 10.2 Å². The number of likely N-dealkylation sites (N-methyl/N-ethyl adjacent to an activating group) is 1. The summed E-state index contributed by atoms with van der Waals surface area (Å²) in [5.74, 6) is 1.30. The molecular formula is C22H28N3O3S+. The number of nitrogens with zero attached hydrogens (tertiary/aromatic N) is 2. The molecule has 0 aliphatic heterocycles. The fourth-order valence-electron chi connectivity index (χ4n) is 3.26. The van der Waals surface area contributed by atoms with Gasteiger partial charge in [0.25, 0.3) is 5.91 Å². The Hall–Kier alpha value is -2.64. The molecule has 0 unspecified atom stereocenters. The van der Waals surface area contributed by atoms with Crippen LogP contribution in [0.3, 0.4) is 0 Å². The summed E-state index contributed by atoms with van der Waals surface area (Å²) in [6.07, 6.45) is 0. The van der Waals surface area contributed by atoms with Crippen molar-refractivity contribution in [1.29, 1.82) is 0 Å². The highest BCUT2D eigenvalue weighted by atomic mass is 32.1. The van der Waals surface area contributed by atoms with Crippen LogP contribution < -0.4 is 19.3 Å². The summed E-state index contributed by atoms with van der Waals surface area (Å²) in [7, 11) is 3.24. The molecule has 3 rings (SSSR count). The maximum absolute atomic E-state index is 13.4.